The summed E-state index contributed by atoms with van der Waals surface area (Å²) in [5.41, 5.74) is 1.99. The molecule has 2 aromatic rings. The van der Waals surface area contributed by atoms with E-state index in [2.05, 4.69) is 36.2 Å². The zero-order valence-corrected chi connectivity index (χ0v) is 14.6. The SMILES string of the molecule is CCC1CCC2(CC1)Oc1ccccc1[C@@H]1CC(c3ccco3)=NN12. The Morgan fingerprint density at radius 3 is 2.76 bits per heavy atom. The lowest BCUT2D eigenvalue weighted by Gasteiger charge is -2.50. The summed E-state index contributed by atoms with van der Waals surface area (Å²) in [6, 6.07) is 12.7. The molecule has 0 saturated heterocycles. The standard InChI is InChI=1S/C21H24N2O2/c1-2-15-9-11-21(12-10-15)23-18(16-6-3-4-7-19(16)25-21)14-17(22-23)20-8-5-13-24-20/h3-8,13,15,18H,2,9-12,14H2,1H3/t15?,18-,21?/m0/s1. The average Bonchev–Trinajstić information content (AvgIpc) is 3.33. The Balaban J connectivity index is 1.56. The smallest absolute Gasteiger partial charge is 0.198 e. The molecule has 3 aliphatic rings. The van der Waals surface area contributed by atoms with Crippen LogP contribution < -0.4 is 4.74 Å². The fraction of sp³-hybridized carbons (Fsp3) is 0.476. The Labute approximate surface area is 148 Å². The van der Waals surface area contributed by atoms with Gasteiger partial charge in [0.1, 0.15) is 17.2 Å². The molecule has 1 spiro atoms. The topological polar surface area (TPSA) is 38.0 Å². The van der Waals surface area contributed by atoms with Crippen molar-refractivity contribution in [2.75, 3.05) is 0 Å². The van der Waals surface area contributed by atoms with Crippen molar-refractivity contribution in [3.8, 4) is 5.75 Å². The van der Waals surface area contributed by atoms with Crippen molar-refractivity contribution in [2.45, 2.75) is 57.2 Å². The van der Waals surface area contributed by atoms with Crippen molar-refractivity contribution in [3.63, 3.8) is 0 Å². The molecular formula is C21H24N2O2. The number of benzene rings is 1. The van der Waals surface area contributed by atoms with E-state index in [1.165, 1.54) is 24.8 Å². The molecule has 0 amide bonds. The Hall–Kier alpha value is -2.23. The number of rotatable bonds is 2. The van der Waals surface area contributed by atoms with Gasteiger partial charge in [-0.05, 0) is 37.0 Å². The molecule has 130 valence electrons. The third-order valence-corrected chi connectivity index (χ3v) is 6.18. The summed E-state index contributed by atoms with van der Waals surface area (Å²) in [6.07, 6.45) is 8.39. The minimum Gasteiger partial charge on any atom is -0.466 e. The Kier molecular flexibility index (Phi) is 3.40. The maximum atomic E-state index is 6.62. The van der Waals surface area contributed by atoms with E-state index >= 15 is 0 Å². The first-order valence-electron chi connectivity index (χ1n) is 9.48. The van der Waals surface area contributed by atoms with Gasteiger partial charge < -0.3 is 9.15 Å². The van der Waals surface area contributed by atoms with Gasteiger partial charge >= 0.3 is 0 Å². The van der Waals surface area contributed by atoms with Crippen LogP contribution in [0.3, 0.4) is 0 Å². The number of furan rings is 1. The van der Waals surface area contributed by atoms with E-state index < -0.39 is 0 Å². The molecule has 4 heteroatoms. The number of nitrogens with zero attached hydrogens (tertiary/aromatic N) is 2. The zero-order chi connectivity index (χ0) is 16.9. The molecule has 0 radical (unpaired) electrons. The van der Waals surface area contributed by atoms with Crippen molar-refractivity contribution in [1.29, 1.82) is 0 Å². The highest BCUT2D eigenvalue weighted by Gasteiger charge is 2.51. The molecule has 4 nitrogen and oxygen atoms in total. The van der Waals surface area contributed by atoms with Gasteiger partial charge in [0, 0.05) is 24.8 Å². The molecule has 1 fully saturated rings. The van der Waals surface area contributed by atoms with Gasteiger partial charge in [-0.3, -0.25) is 0 Å². The summed E-state index contributed by atoms with van der Waals surface area (Å²) < 4.78 is 12.2. The van der Waals surface area contributed by atoms with E-state index in [1.807, 2.05) is 12.1 Å². The Morgan fingerprint density at radius 1 is 1.16 bits per heavy atom. The average molecular weight is 336 g/mol. The van der Waals surface area contributed by atoms with Gasteiger partial charge in [0.25, 0.3) is 0 Å². The van der Waals surface area contributed by atoms with E-state index in [-0.39, 0.29) is 11.8 Å². The van der Waals surface area contributed by atoms with Crippen LogP contribution in [0.1, 0.15) is 62.8 Å². The lowest BCUT2D eigenvalue weighted by molar-refractivity contribution is -0.146. The van der Waals surface area contributed by atoms with Crippen LogP contribution in [-0.4, -0.2) is 16.4 Å². The van der Waals surface area contributed by atoms with Crippen LogP contribution in [0.15, 0.2) is 52.2 Å². The van der Waals surface area contributed by atoms with E-state index in [9.17, 15) is 0 Å². The van der Waals surface area contributed by atoms with Crippen LogP contribution in [0.4, 0.5) is 0 Å². The molecule has 1 aromatic heterocycles. The second-order valence-corrected chi connectivity index (χ2v) is 7.53. The molecule has 1 aliphatic carbocycles. The highest BCUT2D eigenvalue weighted by molar-refractivity contribution is 5.99. The third kappa shape index (κ3) is 2.30. The van der Waals surface area contributed by atoms with E-state index in [0.717, 1.165) is 42.4 Å². The molecule has 0 unspecified atom stereocenters. The van der Waals surface area contributed by atoms with E-state index in [1.54, 1.807) is 6.26 Å². The van der Waals surface area contributed by atoms with Crippen molar-refractivity contribution >= 4 is 5.71 Å². The first-order valence-corrected chi connectivity index (χ1v) is 9.48. The third-order valence-electron chi connectivity index (χ3n) is 6.18. The van der Waals surface area contributed by atoms with E-state index in [0.29, 0.717) is 0 Å². The molecule has 1 atom stereocenters. The number of hydrazone groups is 1. The van der Waals surface area contributed by atoms with Crippen LogP contribution >= 0.6 is 0 Å². The Morgan fingerprint density at radius 2 is 2.00 bits per heavy atom. The lowest BCUT2D eigenvalue weighted by atomic mass is 9.80. The summed E-state index contributed by atoms with van der Waals surface area (Å²) in [4.78, 5) is 0. The molecule has 3 heterocycles. The fourth-order valence-corrected chi connectivity index (χ4v) is 4.69. The molecule has 0 bridgehead atoms. The van der Waals surface area contributed by atoms with Gasteiger partial charge in [-0.1, -0.05) is 31.5 Å². The number of hydrogen-bond acceptors (Lipinski definition) is 4. The summed E-state index contributed by atoms with van der Waals surface area (Å²) in [7, 11) is 0. The van der Waals surface area contributed by atoms with Crippen molar-refractivity contribution in [3.05, 3.63) is 54.0 Å². The van der Waals surface area contributed by atoms with Gasteiger partial charge in [-0.25, -0.2) is 5.01 Å². The second-order valence-electron chi connectivity index (χ2n) is 7.53. The van der Waals surface area contributed by atoms with Crippen LogP contribution in [0.2, 0.25) is 0 Å². The molecule has 1 saturated carbocycles. The number of fused-ring (bicyclic) bond motifs is 4. The maximum Gasteiger partial charge on any atom is 0.198 e. The minimum atomic E-state index is -0.293. The van der Waals surface area contributed by atoms with Crippen LogP contribution in [0.25, 0.3) is 0 Å². The maximum absolute atomic E-state index is 6.62. The first kappa shape index (κ1) is 15.1. The van der Waals surface area contributed by atoms with Crippen molar-refractivity contribution in [2.24, 2.45) is 11.0 Å². The highest BCUT2D eigenvalue weighted by atomic mass is 16.5. The normalized spacial score (nSPS) is 30.6. The molecule has 5 rings (SSSR count). The first-order chi connectivity index (χ1) is 12.3. The van der Waals surface area contributed by atoms with Crippen LogP contribution in [-0.2, 0) is 0 Å². The molecule has 1 aromatic carbocycles. The molecular weight excluding hydrogens is 312 g/mol. The lowest BCUT2D eigenvalue weighted by Crippen LogP contribution is -2.55. The van der Waals surface area contributed by atoms with E-state index in [4.69, 9.17) is 14.3 Å². The van der Waals surface area contributed by atoms with Crippen LogP contribution in [0, 0.1) is 5.92 Å². The second kappa shape index (κ2) is 5.65. The summed E-state index contributed by atoms with van der Waals surface area (Å²) in [5.74, 6) is 2.74. The summed E-state index contributed by atoms with van der Waals surface area (Å²) in [6.45, 7) is 2.30. The van der Waals surface area contributed by atoms with Gasteiger partial charge in [-0.2, -0.15) is 5.10 Å². The predicted octanol–water partition coefficient (Wildman–Crippen LogP) is 5.12. The van der Waals surface area contributed by atoms with Crippen molar-refractivity contribution < 1.29 is 9.15 Å². The van der Waals surface area contributed by atoms with Gasteiger partial charge in [-0.15, -0.1) is 0 Å². The summed E-state index contributed by atoms with van der Waals surface area (Å²) >= 11 is 0. The largest absolute Gasteiger partial charge is 0.466 e. The number of ether oxygens (including phenoxy) is 1. The number of para-hydroxylation sites is 1. The molecule has 2 aliphatic heterocycles. The predicted molar refractivity (Wildman–Crippen MR) is 96.5 cm³/mol. The Bertz CT molecular complexity index is 788. The van der Waals surface area contributed by atoms with Gasteiger partial charge in [0.2, 0.25) is 0 Å². The van der Waals surface area contributed by atoms with Crippen molar-refractivity contribution in [1.82, 2.24) is 5.01 Å². The zero-order valence-electron chi connectivity index (χ0n) is 14.6. The van der Waals surface area contributed by atoms with Gasteiger partial charge in [0.15, 0.2) is 5.72 Å². The molecule has 25 heavy (non-hydrogen) atoms. The monoisotopic (exact) mass is 336 g/mol. The minimum absolute atomic E-state index is 0.253. The van der Waals surface area contributed by atoms with Crippen LogP contribution in [0.5, 0.6) is 5.75 Å². The fourth-order valence-electron chi connectivity index (χ4n) is 4.69. The quantitative estimate of drug-likeness (QED) is 0.764. The highest BCUT2D eigenvalue weighted by Crippen LogP contribution is 2.52. The molecule has 0 N–H and O–H groups in total. The number of hydrogen-bond donors (Lipinski definition) is 0. The summed E-state index contributed by atoms with van der Waals surface area (Å²) in [5, 5.41) is 7.27. The van der Waals surface area contributed by atoms with Gasteiger partial charge in [0.05, 0.1) is 12.3 Å².